The Hall–Kier alpha value is -0.490. The first kappa shape index (κ1) is 17.9. The molecule has 0 radical (unpaired) electrons. The summed E-state index contributed by atoms with van der Waals surface area (Å²) in [5.74, 6) is -1.50. The van der Waals surface area contributed by atoms with Gasteiger partial charge in [-0.1, -0.05) is 12.8 Å². The van der Waals surface area contributed by atoms with Crippen LogP contribution in [-0.2, 0) is 4.79 Å². The van der Waals surface area contributed by atoms with E-state index in [-0.39, 0.29) is 24.7 Å². The van der Waals surface area contributed by atoms with Crippen molar-refractivity contribution in [3.05, 3.63) is 0 Å². The predicted molar refractivity (Wildman–Crippen MR) is 79.8 cm³/mol. The summed E-state index contributed by atoms with van der Waals surface area (Å²) in [6, 6.07) is 0. The molecule has 0 bridgehead atoms. The summed E-state index contributed by atoms with van der Waals surface area (Å²) in [6.07, 6.45) is -1.49. The van der Waals surface area contributed by atoms with Crippen molar-refractivity contribution in [3.8, 4) is 0 Å². The number of carbonyl (C=O) groups is 1. The van der Waals surface area contributed by atoms with Crippen LogP contribution in [0.1, 0.15) is 32.1 Å². The molecule has 2 heterocycles. The second kappa shape index (κ2) is 6.95. The van der Waals surface area contributed by atoms with Crippen LogP contribution in [-0.4, -0.2) is 43.2 Å². The Labute approximate surface area is 135 Å². The summed E-state index contributed by atoms with van der Waals surface area (Å²) in [6.45, 7) is 3.14. The molecule has 0 aromatic carbocycles. The topological polar surface area (TPSA) is 32.3 Å². The predicted octanol–water partition coefficient (Wildman–Crippen LogP) is 2.84. The SMILES string of the molecule is Cl.O=C(C1CCCCC1C(F)(F)F)N1CCC2CNCC2C1. The minimum Gasteiger partial charge on any atom is -0.342 e. The molecular weight excluding hydrogens is 317 g/mol. The van der Waals surface area contributed by atoms with Crippen molar-refractivity contribution in [2.75, 3.05) is 26.2 Å². The standard InChI is InChI=1S/C15H23F3N2O.ClH/c16-15(17,18)13-4-2-1-3-12(13)14(21)20-6-5-10-7-19-8-11(10)9-20;/h10-13,19H,1-9H2;1H. The number of fused-ring (bicyclic) bond motifs is 1. The van der Waals surface area contributed by atoms with Gasteiger partial charge in [-0.3, -0.25) is 4.79 Å². The second-order valence-electron chi connectivity index (χ2n) is 6.79. The molecule has 1 N–H and O–H groups in total. The number of carbonyl (C=O) groups excluding carboxylic acids is 1. The van der Waals surface area contributed by atoms with Crippen molar-refractivity contribution in [3.63, 3.8) is 0 Å². The van der Waals surface area contributed by atoms with Crippen LogP contribution in [0.5, 0.6) is 0 Å². The number of piperidine rings is 1. The normalized spacial score (nSPS) is 35.7. The Balaban J connectivity index is 0.00000176. The fourth-order valence-electron chi connectivity index (χ4n) is 4.29. The van der Waals surface area contributed by atoms with Crippen molar-refractivity contribution in [1.29, 1.82) is 0 Å². The van der Waals surface area contributed by atoms with E-state index in [1.165, 1.54) is 0 Å². The van der Waals surface area contributed by atoms with Crippen LogP contribution in [0.4, 0.5) is 13.2 Å². The zero-order valence-electron chi connectivity index (χ0n) is 12.6. The molecule has 7 heteroatoms. The molecule has 0 spiro atoms. The molecule has 2 aliphatic heterocycles. The maximum atomic E-state index is 13.2. The molecule has 4 atom stereocenters. The first-order valence-corrected chi connectivity index (χ1v) is 8.03. The highest BCUT2D eigenvalue weighted by atomic mass is 35.5. The fraction of sp³-hybridized carbons (Fsp3) is 0.933. The minimum absolute atomic E-state index is 0. The Morgan fingerprint density at radius 3 is 2.45 bits per heavy atom. The summed E-state index contributed by atoms with van der Waals surface area (Å²) in [4.78, 5) is 14.3. The van der Waals surface area contributed by atoms with Crippen LogP contribution < -0.4 is 5.32 Å². The van der Waals surface area contributed by atoms with E-state index in [4.69, 9.17) is 0 Å². The van der Waals surface area contributed by atoms with Gasteiger partial charge >= 0.3 is 6.18 Å². The third-order valence-corrected chi connectivity index (χ3v) is 5.52. The Morgan fingerprint density at radius 1 is 1.05 bits per heavy atom. The molecule has 1 amide bonds. The van der Waals surface area contributed by atoms with Gasteiger partial charge in [-0.15, -0.1) is 12.4 Å². The number of nitrogens with one attached hydrogen (secondary N) is 1. The van der Waals surface area contributed by atoms with Crippen molar-refractivity contribution in [2.24, 2.45) is 23.7 Å². The molecule has 2 saturated heterocycles. The van der Waals surface area contributed by atoms with Crippen molar-refractivity contribution >= 4 is 18.3 Å². The van der Waals surface area contributed by atoms with Crippen LogP contribution in [0.25, 0.3) is 0 Å². The largest absolute Gasteiger partial charge is 0.392 e. The number of alkyl halides is 3. The highest BCUT2D eigenvalue weighted by Crippen LogP contribution is 2.42. The highest BCUT2D eigenvalue weighted by molar-refractivity contribution is 5.85. The van der Waals surface area contributed by atoms with E-state index in [1.807, 2.05) is 0 Å². The number of nitrogens with zero attached hydrogens (tertiary/aromatic N) is 1. The van der Waals surface area contributed by atoms with E-state index in [9.17, 15) is 18.0 Å². The zero-order chi connectivity index (χ0) is 15.0. The monoisotopic (exact) mass is 340 g/mol. The van der Waals surface area contributed by atoms with Crippen molar-refractivity contribution < 1.29 is 18.0 Å². The number of hydrogen-bond donors (Lipinski definition) is 1. The van der Waals surface area contributed by atoms with Gasteiger partial charge in [-0.2, -0.15) is 13.2 Å². The quantitative estimate of drug-likeness (QED) is 0.796. The minimum atomic E-state index is -4.24. The summed E-state index contributed by atoms with van der Waals surface area (Å²) < 4.78 is 39.5. The van der Waals surface area contributed by atoms with E-state index >= 15 is 0 Å². The van der Waals surface area contributed by atoms with Crippen LogP contribution >= 0.6 is 12.4 Å². The van der Waals surface area contributed by atoms with Gasteiger partial charge in [-0.25, -0.2) is 0 Å². The molecule has 3 fully saturated rings. The summed E-state index contributed by atoms with van der Waals surface area (Å²) in [5, 5.41) is 3.32. The number of hydrogen-bond acceptors (Lipinski definition) is 2. The lowest BCUT2D eigenvalue weighted by Crippen LogP contribution is -2.49. The Morgan fingerprint density at radius 2 is 1.73 bits per heavy atom. The maximum Gasteiger partial charge on any atom is 0.392 e. The van der Waals surface area contributed by atoms with E-state index in [0.29, 0.717) is 37.8 Å². The number of amides is 1. The lowest BCUT2D eigenvalue weighted by molar-refractivity contribution is -0.201. The van der Waals surface area contributed by atoms with Gasteiger partial charge < -0.3 is 10.2 Å². The van der Waals surface area contributed by atoms with E-state index in [0.717, 1.165) is 25.9 Å². The van der Waals surface area contributed by atoms with Gasteiger partial charge in [-0.05, 0) is 44.2 Å². The molecule has 3 rings (SSSR count). The van der Waals surface area contributed by atoms with Crippen molar-refractivity contribution in [2.45, 2.75) is 38.3 Å². The van der Waals surface area contributed by atoms with Crippen LogP contribution in [0.15, 0.2) is 0 Å². The first-order chi connectivity index (χ1) is 9.97. The maximum absolute atomic E-state index is 13.2. The number of rotatable bonds is 1. The molecule has 1 saturated carbocycles. The molecule has 4 unspecified atom stereocenters. The summed E-state index contributed by atoms with van der Waals surface area (Å²) >= 11 is 0. The van der Waals surface area contributed by atoms with Gasteiger partial charge in [0.2, 0.25) is 5.91 Å². The smallest absolute Gasteiger partial charge is 0.342 e. The average Bonchev–Trinajstić information content (AvgIpc) is 2.93. The number of halogens is 4. The molecule has 128 valence electrons. The number of likely N-dealkylation sites (tertiary alicyclic amines) is 1. The van der Waals surface area contributed by atoms with E-state index in [1.54, 1.807) is 4.90 Å². The molecule has 1 aliphatic carbocycles. The van der Waals surface area contributed by atoms with Crippen LogP contribution in [0.2, 0.25) is 0 Å². The molecular formula is C15H24ClF3N2O. The third kappa shape index (κ3) is 3.53. The molecule has 0 aromatic heterocycles. The van der Waals surface area contributed by atoms with Gasteiger partial charge in [0.1, 0.15) is 0 Å². The second-order valence-corrected chi connectivity index (χ2v) is 6.79. The molecule has 3 aliphatic rings. The molecule has 22 heavy (non-hydrogen) atoms. The van der Waals surface area contributed by atoms with Crippen LogP contribution in [0, 0.1) is 23.7 Å². The average molecular weight is 341 g/mol. The van der Waals surface area contributed by atoms with Gasteiger partial charge in [0.05, 0.1) is 5.92 Å². The fourth-order valence-corrected chi connectivity index (χ4v) is 4.29. The van der Waals surface area contributed by atoms with Gasteiger partial charge in [0, 0.05) is 19.0 Å². The van der Waals surface area contributed by atoms with E-state index < -0.39 is 18.0 Å². The summed E-state index contributed by atoms with van der Waals surface area (Å²) in [7, 11) is 0. The highest BCUT2D eigenvalue weighted by Gasteiger charge is 2.49. The zero-order valence-corrected chi connectivity index (χ0v) is 13.4. The van der Waals surface area contributed by atoms with Crippen LogP contribution in [0.3, 0.4) is 0 Å². The third-order valence-electron chi connectivity index (χ3n) is 5.52. The molecule has 0 aromatic rings. The summed E-state index contributed by atoms with van der Waals surface area (Å²) in [5.41, 5.74) is 0. The molecule has 3 nitrogen and oxygen atoms in total. The Bertz CT molecular complexity index is 405. The van der Waals surface area contributed by atoms with Crippen molar-refractivity contribution in [1.82, 2.24) is 10.2 Å². The lowest BCUT2D eigenvalue weighted by Gasteiger charge is -2.39. The van der Waals surface area contributed by atoms with Gasteiger partial charge in [0.25, 0.3) is 0 Å². The first-order valence-electron chi connectivity index (χ1n) is 8.03. The van der Waals surface area contributed by atoms with E-state index in [2.05, 4.69) is 5.32 Å². The van der Waals surface area contributed by atoms with Gasteiger partial charge in [0.15, 0.2) is 0 Å². The Kier molecular flexibility index (Phi) is 5.64. The lowest BCUT2D eigenvalue weighted by atomic mass is 9.77.